The monoisotopic (exact) mass is 249 g/mol. The van der Waals surface area contributed by atoms with Gasteiger partial charge in [0.2, 0.25) is 0 Å². The van der Waals surface area contributed by atoms with Crippen LogP contribution in [0.4, 0.5) is 0 Å². The van der Waals surface area contributed by atoms with Gasteiger partial charge in [0.15, 0.2) is 0 Å². The molecular formula is C14H19NO3. The number of hydrogen-bond acceptors (Lipinski definition) is 3. The van der Waals surface area contributed by atoms with Gasteiger partial charge in [0.05, 0.1) is 18.2 Å². The van der Waals surface area contributed by atoms with Gasteiger partial charge in [-0.15, -0.1) is 0 Å². The lowest BCUT2D eigenvalue weighted by Gasteiger charge is -2.34. The lowest BCUT2D eigenvalue weighted by Crippen LogP contribution is -2.45. The fourth-order valence-electron chi connectivity index (χ4n) is 2.43. The Kier molecular flexibility index (Phi) is 3.87. The third kappa shape index (κ3) is 2.48. The fourth-order valence-corrected chi connectivity index (χ4v) is 2.43. The number of nitrogens with zero attached hydrogens (tertiary/aromatic N) is 1. The molecule has 0 aromatic heterocycles. The van der Waals surface area contributed by atoms with Crippen molar-refractivity contribution in [2.24, 2.45) is 0 Å². The van der Waals surface area contributed by atoms with Crippen LogP contribution in [0.2, 0.25) is 0 Å². The van der Waals surface area contributed by atoms with E-state index >= 15 is 0 Å². The van der Waals surface area contributed by atoms with Gasteiger partial charge in [0.1, 0.15) is 5.75 Å². The molecule has 0 spiro atoms. The molecule has 0 radical (unpaired) electrons. The van der Waals surface area contributed by atoms with Crippen LogP contribution in [0, 0.1) is 6.92 Å². The van der Waals surface area contributed by atoms with Crippen molar-refractivity contribution in [1.82, 2.24) is 4.90 Å². The van der Waals surface area contributed by atoms with Gasteiger partial charge < -0.3 is 15.1 Å². The Hall–Kier alpha value is -1.55. The molecule has 1 fully saturated rings. The predicted molar refractivity (Wildman–Crippen MR) is 68.6 cm³/mol. The van der Waals surface area contributed by atoms with Crippen molar-refractivity contribution in [2.75, 3.05) is 13.2 Å². The van der Waals surface area contributed by atoms with Crippen molar-refractivity contribution in [3.63, 3.8) is 0 Å². The molecule has 0 bridgehead atoms. The molecule has 1 amide bonds. The number of aliphatic hydroxyl groups excluding tert-OH is 1. The molecule has 4 nitrogen and oxygen atoms in total. The minimum absolute atomic E-state index is 0.0155. The number of carbonyl (C=O) groups excluding carboxylic acids is 1. The van der Waals surface area contributed by atoms with Gasteiger partial charge in [-0.05, 0) is 43.9 Å². The van der Waals surface area contributed by atoms with Gasteiger partial charge in [-0.25, -0.2) is 0 Å². The normalized spacial score (nSPS) is 19.9. The van der Waals surface area contributed by atoms with Gasteiger partial charge in [0.25, 0.3) is 5.91 Å². The van der Waals surface area contributed by atoms with Gasteiger partial charge in [-0.1, -0.05) is 6.07 Å². The number of aromatic hydroxyl groups is 1. The van der Waals surface area contributed by atoms with Gasteiger partial charge in [0, 0.05) is 6.54 Å². The van der Waals surface area contributed by atoms with Crippen LogP contribution in [0.3, 0.4) is 0 Å². The molecule has 1 unspecified atom stereocenters. The maximum Gasteiger partial charge on any atom is 0.257 e. The van der Waals surface area contributed by atoms with Gasteiger partial charge >= 0.3 is 0 Å². The van der Waals surface area contributed by atoms with E-state index in [1.807, 2.05) is 13.0 Å². The van der Waals surface area contributed by atoms with Crippen LogP contribution in [0.5, 0.6) is 5.75 Å². The Morgan fingerprint density at radius 2 is 2.22 bits per heavy atom. The molecular weight excluding hydrogens is 230 g/mol. The van der Waals surface area contributed by atoms with Crippen LogP contribution >= 0.6 is 0 Å². The van der Waals surface area contributed by atoms with E-state index in [9.17, 15) is 15.0 Å². The number of amides is 1. The maximum atomic E-state index is 12.4. The zero-order chi connectivity index (χ0) is 13.1. The molecule has 1 saturated heterocycles. The van der Waals surface area contributed by atoms with Crippen molar-refractivity contribution in [3.05, 3.63) is 29.3 Å². The maximum absolute atomic E-state index is 12.4. The van der Waals surface area contributed by atoms with Crippen molar-refractivity contribution in [1.29, 1.82) is 0 Å². The molecule has 0 aliphatic carbocycles. The summed E-state index contributed by atoms with van der Waals surface area (Å²) >= 11 is 0. The second-order valence-electron chi connectivity index (χ2n) is 4.85. The Morgan fingerprint density at radius 3 is 2.89 bits per heavy atom. The second-order valence-corrected chi connectivity index (χ2v) is 4.85. The van der Waals surface area contributed by atoms with E-state index < -0.39 is 0 Å². The quantitative estimate of drug-likeness (QED) is 0.838. The van der Waals surface area contributed by atoms with Crippen molar-refractivity contribution in [2.45, 2.75) is 32.2 Å². The first-order valence-electron chi connectivity index (χ1n) is 6.35. The zero-order valence-corrected chi connectivity index (χ0v) is 10.6. The van der Waals surface area contributed by atoms with Gasteiger partial charge in [-0.3, -0.25) is 4.79 Å². The predicted octanol–water partition coefficient (Wildman–Crippen LogP) is 1.69. The number of aryl methyl sites for hydroxylation is 1. The summed E-state index contributed by atoms with van der Waals surface area (Å²) < 4.78 is 0. The van der Waals surface area contributed by atoms with Crippen LogP contribution in [0.1, 0.15) is 35.2 Å². The highest BCUT2D eigenvalue weighted by atomic mass is 16.3. The topological polar surface area (TPSA) is 60.8 Å². The molecule has 1 aliphatic heterocycles. The lowest BCUT2D eigenvalue weighted by atomic mass is 10.0. The van der Waals surface area contributed by atoms with Crippen LogP contribution in [-0.4, -0.2) is 40.2 Å². The van der Waals surface area contributed by atoms with Gasteiger partial charge in [-0.2, -0.15) is 0 Å². The summed E-state index contributed by atoms with van der Waals surface area (Å²) in [5.41, 5.74) is 1.24. The smallest absolute Gasteiger partial charge is 0.257 e. The molecule has 1 heterocycles. The van der Waals surface area contributed by atoms with E-state index in [4.69, 9.17) is 0 Å². The van der Waals surface area contributed by atoms with E-state index in [-0.39, 0.29) is 24.3 Å². The summed E-state index contributed by atoms with van der Waals surface area (Å²) in [6, 6.07) is 4.93. The molecule has 2 N–H and O–H groups in total. The first-order valence-corrected chi connectivity index (χ1v) is 6.35. The Balaban J connectivity index is 2.24. The molecule has 2 rings (SSSR count). The highest BCUT2D eigenvalue weighted by Gasteiger charge is 2.28. The minimum Gasteiger partial charge on any atom is -0.507 e. The largest absolute Gasteiger partial charge is 0.507 e. The van der Waals surface area contributed by atoms with Crippen LogP contribution in [-0.2, 0) is 0 Å². The average molecular weight is 249 g/mol. The molecule has 1 aliphatic rings. The van der Waals surface area contributed by atoms with E-state index in [1.165, 1.54) is 0 Å². The van der Waals surface area contributed by atoms with E-state index in [0.717, 1.165) is 24.8 Å². The number of rotatable bonds is 2. The SMILES string of the molecule is Cc1ccc(C(=O)N2CCCCC2CO)c(O)c1. The van der Waals surface area contributed by atoms with Crippen LogP contribution in [0.25, 0.3) is 0 Å². The molecule has 0 saturated carbocycles. The summed E-state index contributed by atoms with van der Waals surface area (Å²) in [5.74, 6) is -0.173. The average Bonchev–Trinajstić information content (AvgIpc) is 2.38. The number of benzene rings is 1. The second kappa shape index (κ2) is 5.40. The first-order chi connectivity index (χ1) is 8.63. The molecule has 18 heavy (non-hydrogen) atoms. The number of hydrogen-bond donors (Lipinski definition) is 2. The number of piperidine rings is 1. The summed E-state index contributed by atoms with van der Waals surface area (Å²) in [4.78, 5) is 14.0. The summed E-state index contributed by atoms with van der Waals surface area (Å²) in [7, 11) is 0. The summed E-state index contributed by atoms with van der Waals surface area (Å²) in [6.07, 6.45) is 2.82. The first kappa shape index (κ1) is 12.9. The third-order valence-electron chi connectivity index (χ3n) is 3.48. The van der Waals surface area contributed by atoms with Crippen molar-refractivity contribution < 1.29 is 15.0 Å². The highest BCUT2D eigenvalue weighted by Crippen LogP contribution is 2.24. The summed E-state index contributed by atoms with van der Waals surface area (Å²) in [6.45, 7) is 2.50. The number of likely N-dealkylation sites (tertiary alicyclic amines) is 1. The third-order valence-corrected chi connectivity index (χ3v) is 3.48. The standard InChI is InChI=1S/C14H19NO3/c1-10-5-6-12(13(17)8-10)14(18)15-7-3-2-4-11(15)9-16/h5-6,8,11,16-17H,2-4,7,9H2,1H3. The Morgan fingerprint density at radius 1 is 1.44 bits per heavy atom. The fraction of sp³-hybridized carbons (Fsp3) is 0.500. The number of phenolic OH excluding ortho intramolecular Hbond substituents is 1. The number of phenols is 1. The zero-order valence-electron chi connectivity index (χ0n) is 10.6. The summed E-state index contributed by atoms with van der Waals surface area (Å²) in [5, 5.41) is 19.2. The Labute approximate surface area is 107 Å². The van der Waals surface area contributed by atoms with Crippen molar-refractivity contribution >= 4 is 5.91 Å². The molecule has 98 valence electrons. The molecule has 1 aromatic carbocycles. The molecule has 1 atom stereocenters. The van der Waals surface area contributed by atoms with E-state index in [0.29, 0.717) is 12.1 Å². The highest BCUT2D eigenvalue weighted by molar-refractivity contribution is 5.97. The Bertz CT molecular complexity index is 445. The molecule has 4 heteroatoms. The van der Waals surface area contributed by atoms with Crippen LogP contribution in [0.15, 0.2) is 18.2 Å². The number of carbonyl (C=O) groups is 1. The minimum atomic E-state index is -0.189. The lowest BCUT2D eigenvalue weighted by molar-refractivity contribution is 0.0500. The van der Waals surface area contributed by atoms with E-state index in [2.05, 4.69) is 0 Å². The van der Waals surface area contributed by atoms with Crippen LogP contribution < -0.4 is 0 Å². The molecule has 1 aromatic rings. The van der Waals surface area contributed by atoms with E-state index in [1.54, 1.807) is 17.0 Å². The van der Waals surface area contributed by atoms with Crippen molar-refractivity contribution in [3.8, 4) is 5.75 Å². The number of aliphatic hydroxyl groups is 1.